The first-order valence-electron chi connectivity index (χ1n) is 9.37. The van der Waals surface area contributed by atoms with Crippen LogP contribution in [0.15, 0.2) is 23.4 Å². The zero-order chi connectivity index (χ0) is 20.1. The van der Waals surface area contributed by atoms with Gasteiger partial charge < -0.3 is 14.6 Å². The van der Waals surface area contributed by atoms with E-state index in [2.05, 4.69) is 15.5 Å². The second-order valence-electron chi connectivity index (χ2n) is 6.93. The fourth-order valence-electron chi connectivity index (χ4n) is 3.27. The van der Waals surface area contributed by atoms with Gasteiger partial charge >= 0.3 is 0 Å². The molecule has 1 unspecified atom stereocenters. The molecule has 0 bridgehead atoms. The van der Waals surface area contributed by atoms with Gasteiger partial charge in [0.25, 0.3) is 0 Å². The molecule has 6 nitrogen and oxygen atoms in total. The minimum atomic E-state index is -0.775. The van der Waals surface area contributed by atoms with E-state index in [1.54, 1.807) is 18.5 Å². The van der Waals surface area contributed by atoms with Gasteiger partial charge in [-0.15, -0.1) is 10.2 Å². The van der Waals surface area contributed by atoms with E-state index < -0.39 is 17.7 Å². The van der Waals surface area contributed by atoms with E-state index in [-0.39, 0.29) is 23.5 Å². The number of thioether (sulfide) groups is 1. The molecule has 0 radical (unpaired) electrons. The molecular formula is C19H24F2N4O2S. The summed E-state index contributed by atoms with van der Waals surface area (Å²) in [6.07, 6.45) is 5.06. The van der Waals surface area contributed by atoms with Crippen LogP contribution in [0.4, 0.5) is 8.78 Å². The Morgan fingerprint density at radius 3 is 2.79 bits per heavy atom. The van der Waals surface area contributed by atoms with Crippen molar-refractivity contribution in [2.45, 2.75) is 56.3 Å². The Bertz CT molecular complexity index is 824. The van der Waals surface area contributed by atoms with Gasteiger partial charge in [0.05, 0.1) is 5.75 Å². The molecule has 1 saturated carbocycles. The number of nitrogens with one attached hydrogen (secondary N) is 1. The number of nitrogens with zero attached hydrogens (tertiary/aromatic N) is 3. The predicted molar refractivity (Wildman–Crippen MR) is 102 cm³/mol. The maximum atomic E-state index is 13.8. The van der Waals surface area contributed by atoms with Gasteiger partial charge in [0.2, 0.25) is 5.91 Å². The molecule has 1 aromatic carbocycles. The number of hydrogen-bond acceptors (Lipinski definition) is 5. The fraction of sp³-hybridized carbons (Fsp3) is 0.526. The molecule has 0 saturated heterocycles. The van der Waals surface area contributed by atoms with Crippen LogP contribution in [-0.4, -0.2) is 32.5 Å². The van der Waals surface area contributed by atoms with Crippen LogP contribution >= 0.6 is 11.8 Å². The van der Waals surface area contributed by atoms with Crippen molar-refractivity contribution in [2.24, 2.45) is 7.05 Å². The normalized spacial score (nSPS) is 16.0. The minimum absolute atomic E-state index is 0.0147. The van der Waals surface area contributed by atoms with E-state index in [0.717, 1.165) is 37.8 Å². The second-order valence-corrected chi connectivity index (χ2v) is 7.87. The van der Waals surface area contributed by atoms with Crippen LogP contribution in [0.2, 0.25) is 0 Å². The molecule has 1 aliphatic carbocycles. The van der Waals surface area contributed by atoms with E-state index in [1.807, 2.05) is 0 Å². The van der Waals surface area contributed by atoms with Crippen molar-refractivity contribution >= 4 is 17.7 Å². The summed E-state index contributed by atoms with van der Waals surface area (Å²) in [6, 6.07) is 3.41. The van der Waals surface area contributed by atoms with Crippen LogP contribution in [0.25, 0.3) is 0 Å². The molecule has 2 aromatic rings. The van der Waals surface area contributed by atoms with Gasteiger partial charge in [-0.25, -0.2) is 8.78 Å². The van der Waals surface area contributed by atoms with Gasteiger partial charge in [0.1, 0.15) is 5.82 Å². The van der Waals surface area contributed by atoms with E-state index in [0.29, 0.717) is 11.0 Å². The summed E-state index contributed by atoms with van der Waals surface area (Å²) in [5, 5.41) is 11.8. The van der Waals surface area contributed by atoms with Crippen molar-refractivity contribution < 1.29 is 18.3 Å². The summed E-state index contributed by atoms with van der Waals surface area (Å²) in [7, 11) is 1.76. The number of carbonyl (C=O) groups excluding carboxylic acids is 1. The van der Waals surface area contributed by atoms with Gasteiger partial charge in [-0.2, -0.15) is 0 Å². The molecule has 1 atom stereocenters. The zero-order valence-corrected chi connectivity index (χ0v) is 16.8. The maximum Gasteiger partial charge on any atom is 0.230 e. The molecule has 1 aliphatic rings. The van der Waals surface area contributed by atoms with Gasteiger partial charge in [0, 0.05) is 19.2 Å². The van der Waals surface area contributed by atoms with Crippen LogP contribution in [0.5, 0.6) is 5.75 Å². The van der Waals surface area contributed by atoms with Gasteiger partial charge in [-0.3, -0.25) is 4.79 Å². The Morgan fingerprint density at radius 2 is 2.07 bits per heavy atom. The van der Waals surface area contributed by atoms with Crippen molar-refractivity contribution in [3.8, 4) is 5.75 Å². The van der Waals surface area contributed by atoms with Gasteiger partial charge in [-0.1, -0.05) is 31.0 Å². The molecule has 28 heavy (non-hydrogen) atoms. The average Bonchev–Trinajstić information content (AvgIpc) is 3.04. The lowest BCUT2D eigenvalue weighted by molar-refractivity contribution is -0.119. The molecule has 1 fully saturated rings. The molecule has 152 valence electrons. The number of carbonyl (C=O) groups is 1. The van der Waals surface area contributed by atoms with Crippen LogP contribution in [-0.2, 0) is 11.8 Å². The Labute approximate surface area is 167 Å². The molecule has 1 heterocycles. The first kappa shape index (κ1) is 20.6. The third-order valence-corrected chi connectivity index (χ3v) is 5.75. The van der Waals surface area contributed by atoms with Crippen molar-refractivity contribution in [1.29, 1.82) is 0 Å². The van der Waals surface area contributed by atoms with Crippen molar-refractivity contribution in [3.05, 3.63) is 35.7 Å². The third kappa shape index (κ3) is 5.21. The van der Waals surface area contributed by atoms with Crippen LogP contribution in [0, 0.1) is 11.6 Å². The summed E-state index contributed by atoms with van der Waals surface area (Å²) >= 11 is 1.29. The Hall–Kier alpha value is -2.16. The Morgan fingerprint density at radius 1 is 1.32 bits per heavy atom. The average molecular weight is 410 g/mol. The Kier molecular flexibility index (Phi) is 6.88. The summed E-state index contributed by atoms with van der Waals surface area (Å²) in [4.78, 5) is 12.2. The number of hydrogen-bond donors (Lipinski definition) is 1. The summed E-state index contributed by atoms with van der Waals surface area (Å²) in [5.41, 5.74) is 0. The monoisotopic (exact) mass is 410 g/mol. The summed E-state index contributed by atoms with van der Waals surface area (Å²) < 4.78 is 34.1. The van der Waals surface area contributed by atoms with Crippen molar-refractivity contribution in [3.63, 3.8) is 0 Å². The third-order valence-electron chi connectivity index (χ3n) is 4.73. The highest BCUT2D eigenvalue weighted by Gasteiger charge is 2.20. The molecule has 1 aromatic heterocycles. The SMILES string of the molecule is CC(Oc1ccc(F)cc1F)c1nnc(SCC(=O)NC2CCCCC2)n1C. The minimum Gasteiger partial charge on any atom is -0.480 e. The smallest absolute Gasteiger partial charge is 0.230 e. The van der Waals surface area contributed by atoms with Crippen LogP contribution in [0.1, 0.15) is 51.0 Å². The zero-order valence-electron chi connectivity index (χ0n) is 16.0. The topological polar surface area (TPSA) is 69.0 Å². The highest BCUT2D eigenvalue weighted by Crippen LogP contribution is 2.26. The molecule has 0 aliphatic heterocycles. The summed E-state index contributed by atoms with van der Waals surface area (Å²) in [5.74, 6) is -0.773. The Balaban J connectivity index is 1.55. The number of halogens is 2. The van der Waals surface area contributed by atoms with Crippen LogP contribution < -0.4 is 10.1 Å². The number of aromatic nitrogens is 3. The van der Waals surface area contributed by atoms with Gasteiger partial charge in [0.15, 0.2) is 28.7 Å². The van der Waals surface area contributed by atoms with Gasteiger partial charge in [-0.05, 0) is 31.9 Å². The van der Waals surface area contributed by atoms with Crippen LogP contribution in [0.3, 0.4) is 0 Å². The first-order valence-corrected chi connectivity index (χ1v) is 10.4. The lowest BCUT2D eigenvalue weighted by Gasteiger charge is -2.22. The van der Waals surface area contributed by atoms with E-state index in [1.165, 1.54) is 24.2 Å². The maximum absolute atomic E-state index is 13.8. The lowest BCUT2D eigenvalue weighted by atomic mass is 9.95. The van der Waals surface area contributed by atoms with E-state index in [4.69, 9.17) is 4.74 Å². The standard InChI is InChI=1S/C19H24F2N4O2S/c1-12(27-16-9-8-13(20)10-15(16)21)18-23-24-19(25(18)2)28-11-17(26)22-14-6-4-3-5-7-14/h8-10,12,14H,3-7,11H2,1-2H3,(H,22,26). The number of rotatable bonds is 7. The lowest BCUT2D eigenvalue weighted by Crippen LogP contribution is -2.37. The largest absolute Gasteiger partial charge is 0.480 e. The van der Waals surface area contributed by atoms with E-state index in [9.17, 15) is 13.6 Å². The molecule has 3 rings (SSSR count). The number of benzene rings is 1. The van der Waals surface area contributed by atoms with Crippen molar-refractivity contribution in [1.82, 2.24) is 20.1 Å². The number of amides is 1. The number of ether oxygens (including phenoxy) is 1. The molecular weight excluding hydrogens is 386 g/mol. The molecule has 9 heteroatoms. The molecule has 1 N–H and O–H groups in total. The highest BCUT2D eigenvalue weighted by molar-refractivity contribution is 7.99. The highest BCUT2D eigenvalue weighted by atomic mass is 32.2. The quantitative estimate of drug-likeness (QED) is 0.704. The van der Waals surface area contributed by atoms with Crippen molar-refractivity contribution in [2.75, 3.05) is 5.75 Å². The van der Waals surface area contributed by atoms with E-state index >= 15 is 0 Å². The summed E-state index contributed by atoms with van der Waals surface area (Å²) in [6.45, 7) is 1.71. The molecule has 1 amide bonds. The molecule has 0 spiro atoms. The predicted octanol–water partition coefficient (Wildman–Crippen LogP) is 3.77. The fourth-order valence-corrected chi connectivity index (χ4v) is 4.00. The second kappa shape index (κ2) is 9.36. The first-order chi connectivity index (χ1) is 13.4.